The van der Waals surface area contributed by atoms with Crippen molar-refractivity contribution in [1.29, 1.82) is 5.26 Å². The second-order valence-corrected chi connectivity index (χ2v) is 16.6. The molecule has 3 saturated heterocycles. The summed E-state index contributed by atoms with van der Waals surface area (Å²) in [5.41, 5.74) is 2.51. The third-order valence-electron chi connectivity index (χ3n) is 10.5. The van der Waals surface area contributed by atoms with Crippen molar-refractivity contribution in [3.63, 3.8) is 0 Å². The lowest BCUT2D eigenvalue weighted by molar-refractivity contribution is -0.0368. The van der Waals surface area contributed by atoms with E-state index in [2.05, 4.69) is 16.5 Å². The molecule has 0 saturated carbocycles. The highest BCUT2D eigenvalue weighted by Crippen LogP contribution is 2.45. The number of hydrogen-bond donors (Lipinski definition) is 1. The van der Waals surface area contributed by atoms with Crippen molar-refractivity contribution < 1.29 is 18.4 Å². The average molecular weight is 665 g/mol. The van der Waals surface area contributed by atoms with Crippen LogP contribution >= 0.6 is 0 Å². The van der Waals surface area contributed by atoms with E-state index in [0.717, 1.165) is 57.4 Å². The van der Waals surface area contributed by atoms with Crippen molar-refractivity contribution in [1.82, 2.24) is 24.5 Å². The van der Waals surface area contributed by atoms with Crippen molar-refractivity contribution in [3.05, 3.63) is 35.3 Å². The lowest BCUT2D eigenvalue weighted by Gasteiger charge is -2.43. The zero-order chi connectivity index (χ0) is 33.1. The number of fused-ring (bicyclic) bond motifs is 2. The number of ether oxygens (including phenoxy) is 2. The van der Waals surface area contributed by atoms with Gasteiger partial charge in [0.1, 0.15) is 22.5 Å². The maximum Gasteiger partial charge on any atom is 0.183 e. The maximum atomic E-state index is 15.5. The molecule has 13 heteroatoms. The normalized spacial score (nSPS) is 26.9. The Morgan fingerprint density at radius 1 is 1.13 bits per heavy atom. The molecule has 7 rings (SSSR count). The van der Waals surface area contributed by atoms with Gasteiger partial charge in [-0.15, -0.1) is 9.82 Å². The smallest absolute Gasteiger partial charge is 0.183 e. The summed E-state index contributed by atoms with van der Waals surface area (Å²) in [6.07, 6.45) is 6.89. The van der Waals surface area contributed by atoms with E-state index in [1.807, 2.05) is 55.6 Å². The van der Waals surface area contributed by atoms with Gasteiger partial charge in [0.2, 0.25) is 0 Å². The van der Waals surface area contributed by atoms with Gasteiger partial charge in [0, 0.05) is 54.3 Å². The number of nitrogens with zero attached hydrogens (tertiary/aromatic N) is 7. The molecule has 2 aromatic heterocycles. The Balaban J connectivity index is 1.21. The van der Waals surface area contributed by atoms with Gasteiger partial charge in [0.05, 0.1) is 30.5 Å². The van der Waals surface area contributed by atoms with Crippen molar-refractivity contribution in [2.24, 2.45) is 5.41 Å². The zero-order valence-electron chi connectivity index (χ0n) is 28.0. The molecular formula is C34H45FN8O3S. The van der Waals surface area contributed by atoms with E-state index in [9.17, 15) is 9.81 Å². The molecule has 0 aliphatic carbocycles. The monoisotopic (exact) mass is 664 g/mol. The van der Waals surface area contributed by atoms with Crippen LogP contribution in [-0.4, -0.2) is 74.0 Å². The van der Waals surface area contributed by atoms with Gasteiger partial charge in [-0.1, -0.05) is 6.92 Å². The third kappa shape index (κ3) is 5.76. The molecule has 1 unspecified atom stereocenters. The second kappa shape index (κ2) is 12.5. The molecule has 5 atom stereocenters. The highest BCUT2D eigenvalue weighted by molar-refractivity contribution is 7.90. The Morgan fingerprint density at radius 2 is 1.91 bits per heavy atom. The summed E-state index contributed by atoms with van der Waals surface area (Å²) in [5, 5.41) is 14.6. The molecule has 47 heavy (non-hydrogen) atoms. The summed E-state index contributed by atoms with van der Waals surface area (Å²) in [5.74, 6) is 0.923. The lowest BCUT2D eigenvalue weighted by Crippen LogP contribution is -2.56. The Hall–Kier alpha value is -3.02. The SMILES string of the molecule is C[C@@H]1OCC2(CCN(c3cnc4c(N5CC[C@H](C)c6c5ccc(C#N)c6F)nn([C@@H]5CCCCO5)c4n3)CC2)[C@@H]1N[S+]([O-])C(C)(C)C. The van der Waals surface area contributed by atoms with Crippen molar-refractivity contribution in [2.45, 2.75) is 102 Å². The van der Waals surface area contributed by atoms with Crippen LogP contribution in [0.3, 0.4) is 0 Å². The molecule has 6 heterocycles. The molecule has 4 aliphatic rings. The molecule has 3 fully saturated rings. The fraction of sp³-hybridized carbons (Fsp3) is 0.647. The summed E-state index contributed by atoms with van der Waals surface area (Å²) >= 11 is -1.19. The van der Waals surface area contributed by atoms with Crippen molar-refractivity contribution in [2.75, 3.05) is 42.6 Å². The number of aromatic nitrogens is 4. The van der Waals surface area contributed by atoms with Gasteiger partial charge in [-0.05, 0) is 84.3 Å². The van der Waals surface area contributed by atoms with Crippen LogP contribution in [0.25, 0.3) is 11.2 Å². The lowest BCUT2D eigenvalue weighted by atomic mass is 9.73. The number of piperidine rings is 1. The fourth-order valence-corrected chi connectivity index (χ4v) is 8.67. The number of rotatable bonds is 5. The minimum atomic E-state index is -1.19. The first-order valence-corrected chi connectivity index (χ1v) is 18.1. The Bertz CT molecular complexity index is 1670. The summed E-state index contributed by atoms with van der Waals surface area (Å²) < 4.78 is 45.8. The number of halogens is 1. The van der Waals surface area contributed by atoms with Crippen LogP contribution in [-0.2, 0) is 20.8 Å². The van der Waals surface area contributed by atoms with Crippen LogP contribution in [0.1, 0.15) is 96.4 Å². The second-order valence-electron chi connectivity index (χ2n) is 14.6. The number of nitriles is 1. The number of benzene rings is 1. The molecule has 0 bridgehead atoms. The zero-order valence-corrected chi connectivity index (χ0v) is 28.8. The highest BCUT2D eigenvalue weighted by atomic mass is 32.2. The van der Waals surface area contributed by atoms with E-state index >= 15 is 4.39 Å². The van der Waals surface area contributed by atoms with Crippen LogP contribution in [0.15, 0.2) is 18.3 Å². The molecule has 11 nitrogen and oxygen atoms in total. The van der Waals surface area contributed by atoms with Gasteiger partial charge in [0.25, 0.3) is 0 Å². The van der Waals surface area contributed by atoms with Gasteiger partial charge in [0.15, 0.2) is 23.2 Å². The van der Waals surface area contributed by atoms with E-state index in [1.165, 1.54) is 0 Å². The first-order valence-electron chi connectivity index (χ1n) is 16.9. The van der Waals surface area contributed by atoms with Crippen molar-refractivity contribution >= 4 is 39.8 Å². The quantitative estimate of drug-likeness (QED) is 0.344. The third-order valence-corrected chi connectivity index (χ3v) is 12.1. The topological polar surface area (TPSA) is 127 Å². The molecule has 1 N–H and O–H groups in total. The molecule has 4 aliphatic heterocycles. The largest absolute Gasteiger partial charge is 0.598 e. The van der Waals surface area contributed by atoms with E-state index in [-0.39, 0.29) is 40.0 Å². The van der Waals surface area contributed by atoms with E-state index in [4.69, 9.17) is 24.5 Å². The summed E-state index contributed by atoms with van der Waals surface area (Å²) in [6.45, 7) is 13.5. The van der Waals surface area contributed by atoms with Crippen LogP contribution < -0.4 is 14.5 Å². The maximum absolute atomic E-state index is 15.5. The van der Waals surface area contributed by atoms with Gasteiger partial charge in [-0.25, -0.2) is 19.0 Å². The fourth-order valence-electron chi connectivity index (χ4n) is 7.65. The number of hydrogen-bond acceptors (Lipinski definition) is 10. The first-order chi connectivity index (χ1) is 22.5. The van der Waals surface area contributed by atoms with E-state index in [0.29, 0.717) is 48.0 Å². The molecule has 3 aromatic rings. The Kier molecular flexibility index (Phi) is 8.62. The standard InChI is InChI=1S/C34H45FN8O3S/c1-21-11-14-42(24-10-9-23(18-36)28(35)27(21)24)32-29-31(43(39-32)26-8-6-7-17-45-26)38-25(19-37-29)41-15-12-34(13-16-41)20-46-22(2)30(34)40-47(44)33(3,4)5/h9-10,19,21-22,26,30,40H,6-8,11-17,20H2,1-5H3/t21-,22-,26-,30+,47?/m0/s1. The minimum Gasteiger partial charge on any atom is -0.598 e. The van der Waals surface area contributed by atoms with Gasteiger partial charge in [-0.2, -0.15) is 5.26 Å². The van der Waals surface area contributed by atoms with Gasteiger partial charge >= 0.3 is 0 Å². The van der Waals surface area contributed by atoms with E-state index < -0.39 is 17.2 Å². The van der Waals surface area contributed by atoms with Crippen LogP contribution in [0.4, 0.5) is 21.7 Å². The van der Waals surface area contributed by atoms with E-state index in [1.54, 1.807) is 6.07 Å². The predicted octanol–water partition coefficient (Wildman–Crippen LogP) is 5.61. The van der Waals surface area contributed by atoms with Crippen LogP contribution in [0.2, 0.25) is 0 Å². The summed E-state index contributed by atoms with van der Waals surface area (Å²) in [4.78, 5) is 14.4. The molecule has 1 aromatic carbocycles. The molecule has 1 spiro atoms. The molecule has 0 amide bonds. The van der Waals surface area contributed by atoms with Crippen LogP contribution in [0, 0.1) is 22.6 Å². The predicted molar refractivity (Wildman–Crippen MR) is 179 cm³/mol. The molecule has 0 radical (unpaired) electrons. The average Bonchev–Trinajstić information content (AvgIpc) is 3.58. The minimum absolute atomic E-state index is 0.00919. The molecule has 252 valence electrons. The molecular weight excluding hydrogens is 619 g/mol. The number of anilines is 3. The Labute approximate surface area is 279 Å². The van der Waals surface area contributed by atoms with Crippen molar-refractivity contribution in [3.8, 4) is 6.07 Å². The number of nitrogens with one attached hydrogen (secondary N) is 1. The van der Waals surface area contributed by atoms with Gasteiger partial charge in [-0.3, -0.25) is 0 Å². The highest BCUT2D eigenvalue weighted by Gasteiger charge is 2.52. The van der Waals surface area contributed by atoms with Crippen LogP contribution in [0.5, 0.6) is 0 Å². The van der Waals surface area contributed by atoms with Gasteiger partial charge < -0.3 is 23.8 Å². The first kappa shape index (κ1) is 32.5. The summed E-state index contributed by atoms with van der Waals surface area (Å²) in [6, 6.07) is 5.37. The Morgan fingerprint density at radius 3 is 2.62 bits per heavy atom. The summed E-state index contributed by atoms with van der Waals surface area (Å²) in [7, 11) is 0.